The molecule has 5 nitrogen and oxygen atoms in total. The van der Waals surface area contributed by atoms with Crippen LogP contribution >= 0.6 is 0 Å². The first-order valence-corrected chi connectivity index (χ1v) is 6.37. The van der Waals surface area contributed by atoms with Crippen molar-refractivity contribution in [2.24, 2.45) is 0 Å². The Hall–Kier alpha value is -2.30. The number of rotatable bonds is 4. The molecule has 1 aromatic heterocycles. The average Bonchev–Trinajstić information content (AvgIpc) is 2.74. The van der Waals surface area contributed by atoms with Gasteiger partial charge >= 0.3 is 0 Å². The van der Waals surface area contributed by atoms with E-state index in [-0.39, 0.29) is 12.3 Å². The van der Waals surface area contributed by atoms with Crippen molar-refractivity contribution in [2.45, 2.75) is 27.2 Å². The zero-order valence-corrected chi connectivity index (χ0v) is 12.1. The van der Waals surface area contributed by atoms with Crippen LogP contribution in [0.25, 0.3) is 0 Å². The highest BCUT2D eigenvalue weighted by atomic mass is 16.5. The van der Waals surface area contributed by atoms with Gasteiger partial charge in [-0.2, -0.15) is 0 Å². The predicted octanol–water partition coefficient (Wildman–Crippen LogP) is 2.79. The van der Waals surface area contributed by atoms with Crippen LogP contribution in [0.1, 0.15) is 22.5 Å². The number of aromatic nitrogens is 1. The van der Waals surface area contributed by atoms with E-state index in [0.717, 1.165) is 22.4 Å². The zero-order chi connectivity index (χ0) is 14.7. The predicted molar refractivity (Wildman–Crippen MR) is 76.0 cm³/mol. The summed E-state index contributed by atoms with van der Waals surface area (Å²) in [5.41, 5.74) is 2.98. The Kier molecular flexibility index (Phi) is 4.08. The van der Waals surface area contributed by atoms with E-state index in [9.17, 15) is 4.79 Å². The molecule has 0 unspecified atom stereocenters. The van der Waals surface area contributed by atoms with Gasteiger partial charge in [-0.05, 0) is 26.3 Å². The molecule has 0 saturated heterocycles. The average molecular weight is 274 g/mol. The number of hydrogen-bond donors (Lipinski definition) is 1. The first-order chi connectivity index (χ1) is 9.49. The van der Waals surface area contributed by atoms with Crippen molar-refractivity contribution in [3.63, 3.8) is 0 Å². The Morgan fingerprint density at radius 3 is 2.65 bits per heavy atom. The SMILES string of the molecule is COc1c(C)cc(C)cc1CC(=O)Nc1cc(C)on1. The second-order valence-electron chi connectivity index (χ2n) is 4.82. The molecule has 1 N–H and O–H groups in total. The van der Waals surface area contributed by atoms with Crippen molar-refractivity contribution >= 4 is 11.7 Å². The maximum atomic E-state index is 12.0. The Bertz CT molecular complexity index is 632. The molecular weight excluding hydrogens is 256 g/mol. The van der Waals surface area contributed by atoms with Crippen molar-refractivity contribution in [3.05, 3.63) is 40.6 Å². The normalized spacial score (nSPS) is 10.4. The van der Waals surface area contributed by atoms with Gasteiger partial charge in [-0.1, -0.05) is 22.9 Å². The molecule has 20 heavy (non-hydrogen) atoms. The molecule has 0 radical (unpaired) electrons. The smallest absolute Gasteiger partial charge is 0.230 e. The van der Waals surface area contributed by atoms with Crippen molar-refractivity contribution in [2.75, 3.05) is 12.4 Å². The number of carbonyl (C=O) groups excluding carboxylic acids is 1. The molecule has 0 bridgehead atoms. The van der Waals surface area contributed by atoms with Gasteiger partial charge in [0.1, 0.15) is 11.5 Å². The lowest BCUT2D eigenvalue weighted by Gasteiger charge is -2.12. The van der Waals surface area contributed by atoms with E-state index in [4.69, 9.17) is 9.26 Å². The molecule has 0 fully saturated rings. The van der Waals surface area contributed by atoms with Gasteiger partial charge in [-0.3, -0.25) is 4.79 Å². The number of aryl methyl sites for hydroxylation is 3. The van der Waals surface area contributed by atoms with E-state index in [1.807, 2.05) is 26.0 Å². The Labute approximate surface area is 117 Å². The Morgan fingerprint density at radius 1 is 1.30 bits per heavy atom. The van der Waals surface area contributed by atoms with Gasteiger partial charge < -0.3 is 14.6 Å². The fourth-order valence-electron chi connectivity index (χ4n) is 2.25. The molecule has 5 heteroatoms. The molecule has 0 aliphatic heterocycles. The maximum Gasteiger partial charge on any atom is 0.230 e. The molecule has 1 heterocycles. The number of benzene rings is 1. The summed E-state index contributed by atoms with van der Waals surface area (Å²) in [6.07, 6.45) is 0.234. The minimum atomic E-state index is -0.151. The quantitative estimate of drug-likeness (QED) is 0.931. The van der Waals surface area contributed by atoms with Crippen LogP contribution in [0.5, 0.6) is 5.75 Å². The minimum Gasteiger partial charge on any atom is -0.496 e. The highest BCUT2D eigenvalue weighted by Gasteiger charge is 2.13. The summed E-state index contributed by atoms with van der Waals surface area (Å²) in [7, 11) is 1.61. The van der Waals surface area contributed by atoms with E-state index in [1.165, 1.54) is 0 Å². The van der Waals surface area contributed by atoms with E-state index in [0.29, 0.717) is 11.6 Å². The maximum absolute atomic E-state index is 12.0. The topological polar surface area (TPSA) is 64.4 Å². The third-order valence-corrected chi connectivity index (χ3v) is 2.95. The van der Waals surface area contributed by atoms with Gasteiger partial charge in [0, 0.05) is 11.6 Å². The molecule has 0 aliphatic rings. The Morgan fingerprint density at radius 2 is 2.05 bits per heavy atom. The first kappa shape index (κ1) is 14.1. The van der Waals surface area contributed by atoms with Crippen molar-refractivity contribution in [1.82, 2.24) is 5.16 Å². The fraction of sp³-hybridized carbons (Fsp3) is 0.333. The van der Waals surface area contributed by atoms with Gasteiger partial charge in [-0.25, -0.2) is 0 Å². The molecule has 0 aliphatic carbocycles. The van der Waals surface area contributed by atoms with E-state index in [2.05, 4.69) is 10.5 Å². The van der Waals surface area contributed by atoms with Gasteiger partial charge in [0.25, 0.3) is 0 Å². The summed E-state index contributed by atoms with van der Waals surface area (Å²) in [4.78, 5) is 12.0. The van der Waals surface area contributed by atoms with Crippen LogP contribution in [-0.2, 0) is 11.2 Å². The van der Waals surface area contributed by atoms with E-state index < -0.39 is 0 Å². The van der Waals surface area contributed by atoms with Gasteiger partial charge in [0.05, 0.1) is 13.5 Å². The summed E-state index contributed by atoms with van der Waals surface area (Å²) < 4.78 is 10.3. The molecule has 0 saturated carbocycles. The van der Waals surface area contributed by atoms with Gasteiger partial charge in [0.2, 0.25) is 5.91 Å². The van der Waals surface area contributed by atoms with Gasteiger partial charge in [-0.15, -0.1) is 0 Å². The second-order valence-corrected chi connectivity index (χ2v) is 4.82. The number of hydrogen-bond acceptors (Lipinski definition) is 4. The molecule has 0 spiro atoms. The molecule has 1 amide bonds. The lowest BCUT2D eigenvalue weighted by atomic mass is 10.0. The van der Waals surface area contributed by atoms with Crippen LogP contribution in [0.2, 0.25) is 0 Å². The first-order valence-electron chi connectivity index (χ1n) is 6.37. The summed E-state index contributed by atoms with van der Waals surface area (Å²) >= 11 is 0. The zero-order valence-electron chi connectivity index (χ0n) is 12.1. The van der Waals surface area contributed by atoms with Crippen LogP contribution in [0.4, 0.5) is 5.82 Å². The minimum absolute atomic E-state index is 0.151. The number of ether oxygens (including phenoxy) is 1. The lowest BCUT2D eigenvalue weighted by Crippen LogP contribution is -2.15. The lowest BCUT2D eigenvalue weighted by molar-refractivity contribution is -0.115. The molecule has 2 rings (SSSR count). The number of nitrogens with zero attached hydrogens (tertiary/aromatic N) is 1. The van der Waals surface area contributed by atoms with Gasteiger partial charge in [0.15, 0.2) is 5.82 Å². The summed E-state index contributed by atoms with van der Waals surface area (Å²) in [6.45, 7) is 5.73. The summed E-state index contributed by atoms with van der Waals surface area (Å²) in [6, 6.07) is 5.66. The molecule has 2 aromatic rings. The number of methoxy groups -OCH3 is 1. The molecule has 1 aromatic carbocycles. The number of nitrogens with one attached hydrogen (secondary N) is 1. The van der Waals surface area contributed by atoms with Crippen molar-refractivity contribution in [1.29, 1.82) is 0 Å². The number of carbonyl (C=O) groups is 1. The highest BCUT2D eigenvalue weighted by molar-refractivity contribution is 5.91. The third-order valence-electron chi connectivity index (χ3n) is 2.95. The van der Waals surface area contributed by atoms with E-state index in [1.54, 1.807) is 20.1 Å². The van der Waals surface area contributed by atoms with Crippen LogP contribution < -0.4 is 10.1 Å². The van der Waals surface area contributed by atoms with Crippen LogP contribution in [0.3, 0.4) is 0 Å². The standard InChI is InChI=1S/C15H18N2O3/c1-9-5-10(2)15(19-4)12(6-9)8-14(18)16-13-7-11(3)20-17-13/h5-7H,8H2,1-4H3,(H,16,17,18). The van der Waals surface area contributed by atoms with Crippen LogP contribution in [-0.4, -0.2) is 18.2 Å². The number of anilines is 1. The summed E-state index contributed by atoms with van der Waals surface area (Å²) in [5.74, 6) is 1.68. The summed E-state index contributed by atoms with van der Waals surface area (Å²) in [5, 5.41) is 6.44. The van der Waals surface area contributed by atoms with Crippen molar-refractivity contribution in [3.8, 4) is 5.75 Å². The third kappa shape index (κ3) is 3.17. The monoisotopic (exact) mass is 274 g/mol. The molecule has 106 valence electrons. The van der Waals surface area contributed by atoms with E-state index >= 15 is 0 Å². The van der Waals surface area contributed by atoms with Crippen molar-refractivity contribution < 1.29 is 14.1 Å². The molecule has 0 atom stereocenters. The van der Waals surface area contributed by atoms with Crippen LogP contribution in [0.15, 0.2) is 22.7 Å². The largest absolute Gasteiger partial charge is 0.496 e. The fourth-order valence-corrected chi connectivity index (χ4v) is 2.25. The number of amides is 1. The highest BCUT2D eigenvalue weighted by Crippen LogP contribution is 2.25. The molecular formula is C15H18N2O3. The second kappa shape index (κ2) is 5.77. The Balaban J connectivity index is 2.15. The van der Waals surface area contributed by atoms with Crippen LogP contribution in [0, 0.1) is 20.8 Å².